The van der Waals surface area contributed by atoms with E-state index in [4.69, 9.17) is 5.11 Å². The maximum absolute atomic E-state index is 11.7. The van der Waals surface area contributed by atoms with Gasteiger partial charge in [0.15, 0.2) is 0 Å². The number of H-pyrrole nitrogens is 1. The lowest BCUT2D eigenvalue weighted by Gasteiger charge is -2.24. The minimum atomic E-state index is -1.24. The second-order valence-corrected chi connectivity index (χ2v) is 4.59. The van der Waals surface area contributed by atoms with Gasteiger partial charge in [0.25, 0.3) is 5.91 Å². The molecule has 1 aromatic rings. The molecule has 16 heavy (non-hydrogen) atoms. The molecule has 1 amide bonds. The Morgan fingerprint density at radius 1 is 1.62 bits per heavy atom. The molecular formula is C10H13BrN2O3. The average Bonchev–Trinajstić information content (AvgIpc) is 2.64. The standard InChI is InChI=1S/C10H13BrN2O3/c1-3-10(2,9(15)16)13-8(14)7-4-6(11)5-12-7/h4-5,12H,3H2,1-2H3,(H,13,14)(H,15,16). The first kappa shape index (κ1) is 12.8. The predicted octanol–water partition coefficient (Wildman–Crippen LogP) is 1.76. The molecule has 0 aromatic carbocycles. The third-order valence-electron chi connectivity index (χ3n) is 2.46. The van der Waals surface area contributed by atoms with Gasteiger partial charge >= 0.3 is 5.97 Å². The molecule has 0 bridgehead atoms. The fourth-order valence-corrected chi connectivity index (χ4v) is 1.45. The van der Waals surface area contributed by atoms with Crippen molar-refractivity contribution in [1.29, 1.82) is 0 Å². The lowest BCUT2D eigenvalue weighted by atomic mass is 9.99. The van der Waals surface area contributed by atoms with Crippen molar-refractivity contribution in [2.45, 2.75) is 25.8 Å². The summed E-state index contributed by atoms with van der Waals surface area (Å²) in [4.78, 5) is 25.4. The van der Waals surface area contributed by atoms with E-state index in [2.05, 4.69) is 26.2 Å². The molecule has 0 aliphatic rings. The number of aliphatic carboxylic acids is 1. The number of carbonyl (C=O) groups excluding carboxylic acids is 1. The van der Waals surface area contributed by atoms with Crippen LogP contribution in [0.15, 0.2) is 16.7 Å². The fraction of sp³-hybridized carbons (Fsp3) is 0.400. The van der Waals surface area contributed by atoms with Gasteiger partial charge in [-0.15, -0.1) is 0 Å². The van der Waals surface area contributed by atoms with Crippen LogP contribution in [-0.4, -0.2) is 27.5 Å². The van der Waals surface area contributed by atoms with Crippen LogP contribution in [0.4, 0.5) is 0 Å². The fourth-order valence-electron chi connectivity index (χ4n) is 1.11. The van der Waals surface area contributed by atoms with Crippen LogP contribution in [0.1, 0.15) is 30.8 Å². The van der Waals surface area contributed by atoms with Gasteiger partial charge in [0.05, 0.1) is 0 Å². The number of carbonyl (C=O) groups is 2. The highest BCUT2D eigenvalue weighted by atomic mass is 79.9. The topological polar surface area (TPSA) is 82.2 Å². The normalized spacial score (nSPS) is 14.2. The molecule has 0 saturated heterocycles. The van der Waals surface area contributed by atoms with Gasteiger partial charge in [-0.05, 0) is 35.3 Å². The minimum Gasteiger partial charge on any atom is -0.480 e. The van der Waals surface area contributed by atoms with E-state index < -0.39 is 17.4 Å². The van der Waals surface area contributed by atoms with Crippen molar-refractivity contribution in [3.63, 3.8) is 0 Å². The Morgan fingerprint density at radius 3 is 2.62 bits per heavy atom. The second-order valence-electron chi connectivity index (χ2n) is 3.68. The van der Waals surface area contributed by atoms with E-state index in [1.165, 1.54) is 6.92 Å². The van der Waals surface area contributed by atoms with Crippen molar-refractivity contribution in [3.8, 4) is 0 Å². The van der Waals surface area contributed by atoms with Crippen LogP contribution in [0, 0.1) is 0 Å². The quantitative estimate of drug-likeness (QED) is 0.790. The summed E-state index contributed by atoms with van der Waals surface area (Å²) in [5.74, 6) is -1.48. The van der Waals surface area contributed by atoms with E-state index in [0.717, 1.165) is 4.47 Å². The summed E-state index contributed by atoms with van der Waals surface area (Å²) in [5, 5.41) is 11.5. The van der Waals surface area contributed by atoms with Gasteiger partial charge in [0, 0.05) is 10.7 Å². The molecule has 0 aliphatic carbocycles. The highest BCUT2D eigenvalue weighted by Gasteiger charge is 2.33. The number of halogens is 1. The number of aromatic nitrogens is 1. The first-order chi connectivity index (χ1) is 7.39. The van der Waals surface area contributed by atoms with E-state index in [9.17, 15) is 9.59 Å². The van der Waals surface area contributed by atoms with Crippen molar-refractivity contribution in [2.75, 3.05) is 0 Å². The van der Waals surface area contributed by atoms with Crippen molar-refractivity contribution < 1.29 is 14.7 Å². The van der Waals surface area contributed by atoms with Gasteiger partial charge in [0.2, 0.25) is 0 Å². The summed E-state index contributed by atoms with van der Waals surface area (Å²) in [6.07, 6.45) is 1.93. The van der Waals surface area contributed by atoms with Crippen molar-refractivity contribution in [1.82, 2.24) is 10.3 Å². The molecule has 0 radical (unpaired) electrons. The molecule has 6 heteroatoms. The number of amides is 1. The smallest absolute Gasteiger partial charge is 0.329 e. The summed E-state index contributed by atoms with van der Waals surface area (Å²) in [7, 11) is 0. The summed E-state index contributed by atoms with van der Waals surface area (Å²) in [5.41, 5.74) is -0.915. The monoisotopic (exact) mass is 288 g/mol. The molecule has 5 nitrogen and oxygen atoms in total. The Bertz CT molecular complexity index is 416. The molecule has 1 unspecified atom stereocenters. The van der Waals surface area contributed by atoms with Crippen molar-refractivity contribution >= 4 is 27.8 Å². The minimum absolute atomic E-state index is 0.315. The Morgan fingerprint density at radius 2 is 2.25 bits per heavy atom. The van der Waals surface area contributed by atoms with Crippen molar-refractivity contribution in [3.05, 3.63) is 22.4 Å². The molecule has 0 saturated carbocycles. The van der Waals surface area contributed by atoms with Crippen LogP contribution in [0.5, 0.6) is 0 Å². The summed E-state index contributed by atoms with van der Waals surface area (Å²) >= 11 is 3.20. The van der Waals surface area contributed by atoms with E-state index in [1.807, 2.05) is 0 Å². The highest BCUT2D eigenvalue weighted by Crippen LogP contribution is 2.13. The van der Waals surface area contributed by atoms with Crippen molar-refractivity contribution in [2.24, 2.45) is 0 Å². The maximum Gasteiger partial charge on any atom is 0.329 e. The van der Waals surface area contributed by atoms with Gasteiger partial charge in [-0.25, -0.2) is 4.79 Å². The molecule has 3 N–H and O–H groups in total. The van der Waals surface area contributed by atoms with Crippen LogP contribution in [-0.2, 0) is 4.79 Å². The first-order valence-corrected chi connectivity index (χ1v) is 5.58. The van der Waals surface area contributed by atoms with Gasteiger partial charge in [-0.3, -0.25) is 4.79 Å². The Kier molecular flexibility index (Phi) is 3.74. The predicted molar refractivity (Wildman–Crippen MR) is 62.3 cm³/mol. The average molecular weight is 289 g/mol. The van der Waals surface area contributed by atoms with Gasteiger partial charge in [-0.2, -0.15) is 0 Å². The molecule has 1 atom stereocenters. The summed E-state index contributed by atoms with van der Waals surface area (Å²) in [6, 6.07) is 1.59. The third kappa shape index (κ3) is 2.63. The number of nitrogens with one attached hydrogen (secondary N) is 2. The first-order valence-electron chi connectivity index (χ1n) is 4.79. The van der Waals surface area contributed by atoms with E-state index in [-0.39, 0.29) is 0 Å². The third-order valence-corrected chi connectivity index (χ3v) is 2.92. The zero-order valence-corrected chi connectivity index (χ0v) is 10.6. The van der Waals surface area contributed by atoms with E-state index >= 15 is 0 Å². The Balaban J connectivity index is 2.81. The Labute approximate surface area is 101 Å². The lowest BCUT2D eigenvalue weighted by molar-refractivity contribution is -0.143. The second kappa shape index (κ2) is 4.69. The highest BCUT2D eigenvalue weighted by molar-refractivity contribution is 9.10. The Hall–Kier alpha value is -1.30. The SMILES string of the molecule is CCC(C)(NC(=O)c1cc(Br)c[nH]1)C(=O)O. The van der Waals surface area contributed by atoms with Gasteiger partial charge in [-0.1, -0.05) is 6.92 Å². The summed E-state index contributed by atoms with van der Waals surface area (Å²) in [6.45, 7) is 3.18. The number of carboxylic acids is 1. The van der Waals surface area contributed by atoms with Gasteiger partial charge < -0.3 is 15.4 Å². The van der Waals surface area contributed by atoms with Gasteiger partial charge in [0.1, 0.15) is 11.2 Å². The molecule has 1 rings (SSSR count). The molecule has 0 aliphatic heterocycles. The van der Waals surface area contributed by atoms with Crippen LogP contribution in [0.3, 0.4) is 0 Å². The zero-order valence-electron chi connectivity index (χ0n) is 9.00. The number of aromatic amines is 1. The van der Waals surface area contributed by atoms with Crippen LogP contribution in [0.2, 0.25) is 0 Å². The number of hydrogen-bond donors (Lipinski definition) is 3. The largest absolute Gasteiger partial charge is 0.480 e. The summed E-state index contributed by atoms with van der Waals surface area (Å²) < 4.78 is 0.742. The molecule has 1 heterocycles. The van der Waals surface area contributed by atoms with Crippen LogP contribution in [0.25, 0.3) is 0 Å². The molecular weight excluding hydrogens is 276 g/mol. The molecule has 0 fully saturated rings. The maximum atomic E-state index is 11.7. The van der Waals surface area contributed by atoms with E-state index in [0.29, 0.717) is 12.1 Å². The lowest BCUT2D eigenvalue weighted by Crippen LogP contribution is -2.51. The number of hydrogen-bond acceptors (Lipinski definition) is 2. The molecule has 88 valence electrons. The van der Waals surface area contributed by atoms with Crippen LogP contribution < -0.4 is 5.32 Å². The van der Waals surface area contributed by atoms with E-state index in [1.54, 1.807) is 19.2 Å². The number of rotatable bonds is 4. The van der Waals surface area contributed by atoms with Crippen LogP contribution >= 0.6 is 15.9 Å². The molecule has 0 spiro atoms. The number of carboxylic acid groups (broad SMARTS) is 1. The zero-order chi connectivity index (χ0) is 12.3. The molecule has 1 aromatic heterocycles.